The lowest BCUT2D eigenvalue weighted by atomic mass is 10.2. The van der Waals surface area contributed by atoms with Crippen LogP contribution in [0.3, 0.4) is 0 Å². The molecule has 0 saturated carbocycles. The summed E-state index contributed by atoms with van der Waals surface area (Å²) in [5.41, 5.74) is 2.99. The van der Waals surface area contributed by atoms with E-state index in [0.717, 1.165) is 4.68 Å². The topological polar surface area (TPSA) is 78.0 Å². The van der Waals surface area contributed by atoms with E-state index in [4.69, 9.17) is 5.73 Å². The number of aromatic nitrogens is 2. The van der Waals surface area contributed by atoms with Gasteiger partial charge in [-0.1, -0.05) is 12.1 Å². The van der Waals surface area contributed by atoms with E-state index in [1.165, 1.54) is 24.3 Å². The Labute approximate surface area is 126 Å². The Morgan fingerprint density at radius 3 is 2.30 bits per heavy atom. The molecule has 5 nitrogen and oxygen atoms in total. The van der Waals surface area contributed by atoms with Crippen LogP contribution in [0.25, 0.3) is 16.6 Å². The molecular formula is C15H8F3N3O2. The summed E-state index contributed by atoms with van der Waals surface area (Å²) in [5, 5.41) is 3.65. The second-order valence-corrected chi connectivity index (χ2v) is 4.69. The van der Waals surface area contributed by atoms with Gasteiger partial charge in [-0.2, -0.15) is 5.10 Å². The SMILES string of the molecule is NC(=O)c1nn(-c2c(F)cc(F)cc2F)c2ccccc2c1=O. The lowest BCUT2D eigenvalue weighted by molar-refractivity contribution is 0.0993. The highest BCUT2D eigenvalue weighted by atomic mass is 19.1. The molecule has 2 N–H and O–H groups in total. The summed E-state index contributed by atoms with van der Waals surface area (Å²) in [5.74, 6) is -4.72. The number of hydrogen-bond acceptors (Lipinski definition) is 3. The van der Waals surface area contributed by atoms with Gasteiger partial charge in [-0.25, -0.2) is 17.9 Å². The van der Waals surface area contributed by atoms with Crippen LogP contribution in [0.4, 0.5) is 13.2 Å². The van der Waals surface area contributed by atoms with E-state index >= 15 is 0 Å². The van der Waals surface area contributed by atoms with E-state index in [1.807, 2.05) is 0 Å². The van der Waals surface area contributed by atoms with Gasteiger partial charge < -0.3 is 5.73 Å². The minimum atomic E-state index is -1.24. The molecule has 2 aromatic carbocycles. The quantitative estimate of drug-likeness (QED) is 0.783. The Hall–Kier alpha value is -3.16. The number of amides is 1. The fraction of sp³-hybridized carbons (Fsp3) is 0. The number of hydrogen-bond donors (Lipinski definition) is 1. The zero-order valence-corrected chi connectivity index (χ0v) is 11.4. The minimum absolute atomic E-state index is 0.000532. The van der Waals surface area contributed by atoms with Gasteiger partial charge in [0.25, 0.3) is 5.91 Å². The third-order valence-electron chi connectivity index (χ3n) is 3.22. The van der Waals surface area contributed by atoms with Gasteiger partial charge in [0.2, 0.25) is 5.43 Å². The third kappa shape index (κ3) is 2.33. The molecular weight excluding hydrogens is 311 g/mol. The summed E-state index contributed by atoms with van der Waals surface area (Å²) < 4.78 is 41.8. The normalized spacial score (nSPS) is 10.9. The number of fused-ring (bicyclic) bond motifs is 1. The third-order valence-corrected chi connectivity index (χ3v) is 3.22. The van der Waals surface area contributed by atoms with Gasteiger partial charge in [-0.05, 0) is 12.1 Å². The standard InChI is InChI=1S/C15H8F3N3O2/c16-7-5-9(17)13(10(18)6-7)21-11-4-2-1-3-8(11)14(22)12(20-21)15(19)23/h1-6H,(H2,19,23). The van der Waals surface area contributed by atoms with Crippen molar-refractivity contribution in [3.63, 3.8) is 0 Å². The van der Waals surface area contributed by atoms with Crippen LogP contribution in [0, 0.1) is 17.5 Å². The largest absolute Gasteiger partial charge is 0.364 e. The second kappa shape index (κ2) is 5.24. The molecule has 0 atom stereocenters. The van der Waals surface area contributed by atoms with E-state index in [-0.39, 0.29) is 10.9 Å². The number of carbonyl (C=O) groups excluding carboxylic acids is 1. The van der Waals surface area contributed by atoms with Gasteiger partial charge in [-0.3, -0.25) is 9.59 Å². The molecule has 3 aromatic rings. The van der Waals surface area contributed by atoms with Crippen molar-refractivity contribution in [1.29, 1.82) is 0 Å². The maximum Gasteiger partial charge on any atom is 0.273 e. The lowest BCUT2D eigenvalue weighted by Crippen LogP contribution is -2.27. The number of benzene rings is 2. The van der Waals surface area contributed by atoms with E-state index in [0.29, 0.717) is 12.1 Å². The van der Waals surface area contributed by atoms with Crippen LogP contribution >= 0.6 is 0 Å². The smallest absolute Gasteiger partial charge is 0.273 e. The van der Waals surface area contributed by atoms with Crippen LogP contribution in [-0.4, -0.2) is 15.7 Å². The average molecular weight is 319 g/mol. The van der Waals surface area contributed by atoms with Gasteiger partial charge in [0, 0.05) is 12.1 Å². The van der Waals surface area contributed by atoms with Crippen molar-refractivity contribution >= 4 is 16.8 Å². The highest BCUT2D eigenvalue weighted by molar-refractivity contribution is 5.94. The Kier molecular flexibility index (Phi) is 3.36. The van der Waals surface area contributed by atoms with E-state index in [9.17, 15) is 22.8 Å². The van der Waals surface area contributed by atoms with Crippen molar-refractivity contribution in [2.45, 2.75) is 0 Å². The molecule has 116 valence electrons. The zero-order chi connectivity index (χ0) is 16.7. The monoisotopic (exact) mass is 319 g/mol. The van der Waals surface area contributed by atoms with Gasteiger partial charge in [0.1, 0.15) is 11.5 Å². The highest BCUT2D eigenvalue weighted by Crippen LogP contribution is 2.22. The molecule has 0 fully saturated rings. The van der Waals surface area contributed by atoms with Gasteiger partial charge in [0.05, 0.1) is 10.9 Å². The molecule has 0 radical (unpaired) electrons. The van der Waals surface area contributed by atoms with Crippen molar-refractivity contribution in [1.82, 2.24) is 9.78 Å². The summed E-state index contributed by atoms with van der Waals surface area (Å²) in [6.07, 6.45) is 0. The summed E-state index contributed by atoms with van der Waals surface area (Å²) in [4.78, 5) is 23.5. The molecule has 0 unspecified atom stereocenters. The van der Waals surface area contributed by atoms with Crippen molar-refractivity contribution in [2.24, 2.45) is 5.73 Å². The molecule has 1 heterocycles. The van der Waals surface area contributed by atoms with Crippen molar-refractivity contribution in [3.05, 3.63) is 69.8 Å². The van der Waals surface area contributed by atoms with E-state index < -0.39 is 40.2 Å². The average Bonchev–Trinajstić information content (AvgIpc) is 2.48. The van der Waals surface area contributed by atoms with Gasteiger partial charge in [-0.15, -0.1) is 0 Å². The molecule has 8 heteroatoms. The number of carbonyl (C=O) groups is 1. The lowest BCUT2D eigenvalue weighted by Gasteiger charge is -2.12. The molecule has 1 aromatic heterocycles. The van der Waals surface area contributed by atoms with Crippen LogP contribution in [0.15, 0.2) is 41.2 Å². The molecule has 0 bridgehead atoms. The summed E-state index contributed by atoms with van der Waals surface area (Å²) in [6, 6.07) is 6.71. The van der Waals surface area contributed by atoms with Crippen LogP contribution < -0.4 is 11.2 Å². The minimum Gasteiger partial charge on any atom is -0.364 e. The molecule has 0 spiro atoms. The summed E-state index contributed by atoms with van der Waals surface area (Å²) in [6.45, 7) is 0. The molecule has 0 aliphatic carbocycles. The molecule has 0 aliphatic rings. The first-order valence-corrected chi connectivity index (χ1v) is 6.37. The number of para-hydroxylation sites is 1. The summed E-state index contributed by atoms with van der Waals surface area (Å²) in [7, 11) is 0. The first kappa shape index (κ1) is 14.8. The molecule has 23 heavy (non-hydrogen) atoms. The highest BCUT2D eigenvalue weighted by Gasteiger charge is 2.20. The number of nitrogens with two attached hydrogens (primary N) is 1. The van der Waals surface area contributed by atoms with Crippen molar-refractivity contribution in [2.75, 3.05) is 0 Å². The van der Waals surface area contributed by atoms with Gasteiger partial charge >= 0.3 is 0 Å². The van der Waals surface area contributed by atoms with Gasteiger partial charge in [0.15, 0.2) is 17.3 Å². The first-order chi connectivity index (χ1) is 10.9. The maximum absolute atomic E-state index is 14.0. The fourth-order valence-electron chi connectivity index (χ4n) is 2.25. The molecule has 0 aliphatic heterocycles. The number of rotatable bonds is 2. The molecule has 0 saturated heterocycles. The molecule has 1 amide bonds. The Balaban J connectivity index is 2.50. The maximum atomic E-state index is 14.0. The predicted octanol–water partition coefficient (Wildman–Crippen LogP) is 1.90. The fourth-order valence-corrected chi connectivity index (χ4v) is 2.25. The van der Waals surface area contributed by atoms with E-state index in [2.05, 4.69) is 5.10 Å². The number of nitrogens with zero attached hydrogens (tertiary/aromatic N) is 2. The van der Waals surface area contributed by atoms with Crippen LogP contribution in [0.1, 0.15) is 10.5 Å². The van der Waals surface area contributed by atoms with E-state index in [1.54, 1.807) is 0 Å². The summed E-state index contributed by atoms with van der Waals surface area (Å²) >= 11 is 0. The first-order valence-electron chi connectivity index (χ1n) is 6.37. The second-order valence-electron chi connectivity index (χ2n) is 4.69. The Morgan fingerprint density at radius 2 is 1.70 bits per heavy atom. The van der Waals surface area contributed by atoms with Crippen molar-refractivity contribution < 1.29 is 18.0 Å². The Bertz CT molecular complexity index is 992. The Morgan fingerprint density at radius 1 is 1.09 bits per heavy atom. The van der Waals surface area contributed by atoms with Crippen LogP contribution in [-0.2, 0) is 0 Å². The zero-order valence-electron chi connectivity index (χ0n) is 11.4. The molecule has 3 rings (SSSR count). The predicted molar refractivity (Wildman–Crippen MR) is 75.7 cm³/mol. The number of primary amides is 1. The van der Waals surface area contributed by atoms with Crippen LogP contribution in [0.5, 0.6) is 0 Å². The van der Waals surface area contributed by atoms with Crippen molar-refractivity contribution in [3.8, 4) is 5.69 Å². The number of halogens is 3. The van der Waals surface area contributed by atoms with Crippen LogP contribution in [0.2, 0.25) is 0 Å².